The molecule has 30 heavy (non-hydrogen) atoms. The van der Waals surface area contributed by atoms with Crippen molar-refractivity contribution in [1.82, 2.24) is 14.5 Å². The smallest absolute Gasteiger partial charge is 0.404 e. The summed E-state index contributed by atoms with van der Waals surface area (Å²) in [5.41, 5.74) is 7.19. The molecule has 3 rings (SSSR count). The Bertz CT molecular complexity index is 992. The molecule has 158 valence electrons. The molecular formula is C22H25ClN4O2S. The maximum absolute atomic E-state index is 10.9. The van der Waals surface area contributed by atoms with Crippen LogP contribution >= 0.6 is 23.4 Å². The van der Waals surface area contributed by atoms with Gasteiger partial charge in [-0.15, -0.1) is 0 Å². The summed E-state index contributed by atoms with van der Waals surface area (Å²) in [6.07, 6.45) is 4.19. The van der Waals surface area contributed by atoms with Gasteiger partial charge in [-0.05, 0) is 42.2 Å². The average Bonchev–Trinajstić information content (AvgIpc) is 3.03. The molecular weight excluding hydrogens is 420 g/mol. The van der Waals surface area contributed by atoms with Gasteiger partial charge in [0.1, 0.15) is 10.9 Å². The summed E-state index contributed by atoms with van der Waals surface area (Å²) >= 11 is 7.86. The molecule has 3 aromatic rings. The van der Waals surface area contributed by atoms with Crippen molar-refractivity contribution >= 4 is 29.5 Å². The molecule has 0 atom stereocenters. The van der Waals surface area contributed by atoms with Crippen LogP contribution in [0.3, 0.4) is 0 Å². The van der Waals surface area contributed by atoms with E-state index in [0.29, 0.717) is 24.4 Å². The summed E-state index contributed by atoms with van der Waals surface area (Å²) in [7, 11) is 0. The second-order valence-corrected chi connectivity index (χ2v) is 8.65. The third kappa shape index (κ3) is 6.00. The first-order valence-corrected chi connectivity index (χ1v) is 11.0. The Balaban J connectivity index is 1.96. The number of benzene rings is 1. The molecule has 1 aromatic carbocycles. The van der Waals surface area contributed by atoms with Gasteiger partial charge < -0.3 is 15.0 Å². The van der Waals surface area contributed by atoms with Crippen LogP contribution < -0.4 is 5.73 Å². The van der Waals surface area contributed by atoms with E-state index in [4.69, 9.17) is 27.1 Å². The normalized spacial score (nSPS) is 11.1. The summed E-state index contributed by atoms with van der Waals surface area (Å²) in [5.74, 6) is 1.20. The van der Waals surface area contributed by atoms with Crippen molar-refractivity contribution in [3.63, 3.8) is 0 Å². The second kappa shape index (κ2) is 10.5. The Morgan fingerprint density at radius 3 is 2.80 bits per heavy atom. The number of aryl methyl sites for hydroxylation is 1. The number of amides is 1. The van der Waals surface area contributed by atoms with Crippen molar-refractivity contribution in [2.75, 3.05) is 6.61 Å². The molecule has 6 nitrogen and oxygen atoms in total. The monoisotopic (exact) mass is 444 g/mol. The van der Waals surface area contributed by atoms with Gasteiger partial charge in [0.25, 0.3) is 0 Å². The van der Waals surface area contributed by atoms with Crippen molar-refractivity contribution < 1.29 is 9.53 Å². The molecule has 0 saturated carbocycles. The largest absolute Gasteiger partial charge is 0.450 e. The van der Waals surface area contributed by atoms with E-state index >= 15 is 0 Å². The van der Waals surface area contributed by atoms with Crippen LogP contribution in [0, 0.1) is 0 Å². The lowest BCUT2D eigenvalue weighted by Crippen LogP contribution is -2.14. The lowest BCUT2D eigenvalue weighted by atomic mass is 10.1. The molecule has 0 aliphatic carbocycles. The number of carbonyl (C=O) groups excluding carboxylic acids is 1. The predicted octanol–water partition coefficient (Wildman–Crippen LogP) is 5.28. The average molecular weight is 445 g/mol. The van der Waals surface area contributed by atoms with Gasteiger partial charge in [0.15, 0.2) is 0 Å². The van der Waals surface area contributed by atoms with Crippen LogP contribution in [-0.2, 0) is 17.7 Å². The minimum Gasteiger partial charge on any atom is -0.450 e. The summed E-state index contributed by atoms with van der Waals surface area (Å²) in [4.78, 5) is 21.1. The molecule has 2 heterocycles. The first-order valence-electron chi connectivity index (χ1n) is 9.78. The summed E-state index contributed by atoms with van der Waals surface area (Å²) in [6.45, 7) is 5.20. The molecule has 0 saturated heterocycles. The van der Waals surface area contributed by atoms with Gasteiger partial charge in [-0.2, -0.15) is 0 Å². The van der Waals surface area contributed by atoms with Crippen LogP contribution in [0.15, 0.2) is 58.7 Å². The Hall–Kier alpha value is -2.51. The number of ether oxygens (including phenoxy) is 1. The van der Waals surface area contributed by atoms with E-state index in [-0.39, 0.29) is 12.5 Å². The van der Waals surface area contributed by atoms with Gasteiger partial charge >= 0.3 is 6.09 Å². The number of halogens is 1. The number of hydrogen-bond acceptors (Lipinski definition) is 5. The highest BCUT2D eigenvalue weighted by Crippen LogP contribution is 2.36. The number of aromatic nitrogens is 3. The van der Waals surface area contributed by atoms with E-state index in [0.717, 1.165) is 27.0 Å². The van der Waals surface area contributed by atoms with Gasteiger partial charge in [-0.25, -0.2) is 9.78 Å². The minimum absolute atomic E-state index is 0.252. The number of primary amides is 1. The topological polar surface area (TPSA) is 83.0 Å². The lowest BCUT2D eigenvalue weighted by Gasteiger charge is -2.14. The number of nitrogens with zero attached hydrogens (tertiary/aromatic N) is 3. The van der Waals surface area contributed by atoms with Crippen molar-refractivity contribution in [2.45, 2.75) is 49.1 Å². The third-order valence-corrected chi connectivity index (χ3v) is 5.78. The Morgan fingerprint density at radius 2 is 2.13 bits per heavy atom. The van der Waals surface area contributed by atoms with Gasteiger partial charge in [-0.3, -0.25) is 4.98 Å². The Kier molecular flexibility index (Phi) is 7.76. The number of rotatable bonds is 9. The first kappa shape index (κ1) is 22.2. The highest BCUT2D eigenvalue weighted by atomic mass is 35.5. The van der Waals surface area contributed by atoms with Crippen LogP contribution in [0.25, 0.3) is 0 Å². The summed E-state index contributed by atoms with van der Waals surface area (Å²) in [5, 5.41) is 1.79. The molecule has 1 amide bonds. The zero-order chi connectivity index (χ0) is 21.5. The maximum Gasteiger partial charge on any atom is 0.404 e. The number of hydrogen-bond donors (Lipinski definition) is 1. The van der Waals surface area contributed by atoms with Crippen LogP contribution in [0.4, 0.5) is 4.79 Å². The minimum atomic E-state index is -0.756. The zero-order valence-electron chi connectivity index (χ0n) is 17.0. The molecule has 2 aromatic heterocycles. The molecule has 0 unspecified atom stereocenters. The highest BCUT2D eigenvalue weighted by Gasteiger charge is 2.21. The van der Waals surface area contributed by atoms with E-state index in [2.05, 4.69) is 29.5 Å². The van der Waals surface area contributed by atoms with Crippen molar-refractivity contribution in [2.24, 2.45) is 5.73 Å². The van der Waals surface area contributed by atoms with Crippen molar-refractivity contribution in [3.05, 3.63) is 70.9 Å². The van der Waals surface area contributed by atoms with E-state index in [9.17, 15) is 4.79 Å². The SMILES string of the molecule is CC(C)c1nc(CCCOC(N)=O)n(Cc2cccnc2)c1Sc1cccc(Cl)c1. The van der Waals surface area contributed by atoms with Crippen molar-refractivity contribution in [1.29, 1.82) is 0 Å². The van der Waals surface area contributed by atoms with Gasteiger partial charge in [-0.1, -0.05) is 49.3 Å². The lowest BCUT2D eigenvalue weighted by molar-refractivity contribution is 0.155. The van der Waals surface area contributed by atoms with Crippen LogP contribution in [-0.4, -0.2) is 27.2 Å². The van der Waals surface area contributed by atoms with E-state index in [1.165, 1.54) is 0 Å². The van der Waals surface area contributed by atoms with Gasteiger partial charge in [0, 0.05) is 28.7 Å². The molecule has 8 heteroatoms. The number of carbonyl (C=O) groups is 1. The molecule has 0 aliphatic rings. The van der Waals surface area contributed by atoms with Crippen molar-refractivity contribution in [3.8, 4) is 0 Å². The zero-order valence-corrected chi connectivity index (χ0v) is 18.6. The van der Waals surface area contributed by atoms with E-state index < -0.39 is 6.09 Å². The van der Waals surface area contributed by atoms with Gasteiger partial charge in [0.2, 0.25) is 0 Å². The fraction of sp³-hybridized carbons (Fsp3) is 0.318. The molecule has 2 N–H and O–H groups in total. The quantitative estimate of drug-likeness (QED) is 0.454. The van der Waals surface area contributed by atoms with Crippen LogP contribution in [0.5, 0.6) is 0 Å². The highest BCUT2D eigenvalue weighted by molar-refractivity contribution is 7.99. The number of pyridine rings is 1. The van der Waals surface area contributed by atoms with E-state index in [1.807, 2.05) is 36.5 Å². The molecule has 0 fully saturated rings. The van der Waals surface area contributed by atoms with Crippen LogP contribution in [0.2, 0.25) is 5.02 Å². The van der Waals surface area contributed by atoms with Crippen LogP contribution in [0.1, 0.15) is 43.3 Å². The van der Waals surface area contributed by atoms with Gasteiger partial charge in [0.05, 0.1) is 18.8 Å². The number of imidazole rings is 1. The summed E-state index contributed by atoms with van der Waals surface area (Å²) in [6, 6.07) is 11.8. The maximum atomic E-state index is 10.9. The Labute approximate surface area is 185 Å². The fourth-order valence-electron chi connectivity index (χ4n) is 3.06. The summed E-state index contributed by atoms with van der Waals surface area (Å²) < 4.78 is 7.11. The molecule has 0 aliphatic heterocycles. The fourth-order valence-corrected chi connectivity index (χ4v) is 4.54. The Morgan fingerprint density at radius 1 is 1.30 bits per heavy atom. The third-order valence-electron chi connectivity index (χ3n) is 4.44. The second-order valence-electron chi connectivity index (χ2n) is 7.15. The van der Waals surface area contributed by atoms with E-state index in [1.54, 1.807) is 18.0 Å². The molecule has 0 spiro atoms. The molecule has 0 bridgehead atoms. The predicted molar refractivity (Wildman–Crippen MR) is 119 cm³/mol. The molecule has 0 radical (unpaired) electrons. The first-order chi connectivity index (χ1) is 14.4. The number of nitrogens with two attached hydrogens (primary N) is 1. The standard InChI is InChI=1S/C22H25ClN4O2S/c1-15(2)20-21(30-18-8-3-7-17(23)12-18)27(14-16-6-4-10-25-13-16)19(26-20)9-5-11-29-22(24)28/h3-4,6-8,10,12-13,15H,5,9,11,14H2,1-2H3,(H2,24,28).